The Hall–Kier alpha value is -0.910. The minimum Gasteiger partial charge on any atom is -0.329 e. The number of hydrogen-bond acceptors (Lipinski definition) is 3. The highest BCUT2D eigenvalue weighted by Crippen LogP contribution is 2.36. The predicted octanol–water partition coefficient (Wildman–Crippen LogP) is 1.66. The van der Waals surface area contributed by atoms with Gasteiger partial charge < -0.3 is 5.73 Å². The minimum atomic E-state index is -3.45. The maximum Gasteiger partial charge on any atom is 0.243 e. The van der Waals surface area contributed by atoms with Crippen LogP contribution in [0.4, 0.5) is 0 Å². The molecule has 0 aromatic heterocycles. The maximum atomic E-state index is 12.6. The molecule has 2 N–H and O–H groups in total. The number of hydrogen-bond donors (Lipinski definition) is 1. The van der Waals surface area contributed by atoms with Crippen molar-refractivity contribution in [3.8, 4) is 0 Å². The van der Waals surface area contributed by atoms with Gasteiger partial charge in [0.1, 0.15) is 0 Å². The van der Waals surface area contributed by atoms with Crippen LogP contribution in [-0.2, 0) is 10.0 Å². The van der Waals surface area contributed by atoms with Crippen molar-refractivity contribution in [1.82, 2.24) is 4.31 Å². The van der Waals surface area contributed by atoms with Crippen molar-refractivity contribution < 1.29 is 8.42 Å². The zero-order valence-corrected chi connectivity index (χ0v) is 12.6. The van der Waals surface area contributed by atoms with Crippen molar-refractivity contribution in [2.24, 2.45) is 11.7 Å². The summed E-state index contributed by atoms with van der Waals surface area (Å²) in [4.78, 5) is 0.367. The smallest absolute Gasteiger partial charge is 0.243 e. The van der Waals surface area contributed by atoms with Crippen LogP contribution in [-0.4, -0.2) is 32.4 Å². The molecule has 2 rings (SSSR count). The lowest BCUT2D eigenvalue weighted by Crippen LogP contribution is -2.43. The van der Waals surface area contributed by atoms with Gasteiger partial charge >= 0.3 is 0 Å². The SMILES string of the molecule is Cc1cc(C)cc(S(=O)(=O)N(C)C(CN)C2CC2)c1. The number of sulfonamides is 1. The molecule has 1 aliphatic carbocycles. The molecule has 0 bridgehead atoms. The molecule has 19 heavy (non-hydrogen) atoms. The van der Waals surface area contributed by atoms with Gasteiger partial charge in [-0.3, -0.25) is 0 Å². The number of nitrogens with two attached hydrogens (primary N) is 1. The summed E-state index contributed by atoms with van der Waals surface area (Å²) >= 11 is 0. The second kappa shape index (κ2) is 5.23. The van der Waals surface area contributed by atoms with E-state index in [1.807, 2.05) is 19.9 Å². The molecule has 106 valence electrons. The third-order valence-electron chi connectivity index (χ3n) is 3.75. The van der Waals surface area contributed by atoms with Crippen LogP contribution in [0, 0.1) is 19.8 Å². The zero-order chi connectivity index (χ0) is 14.2. The second-order valence-electron chi connectivity index (χ2n) is 5.49. The Balaban J connectivity index is 2.35. The summed E-state index contributed by atoms with van der Waals surface area (Å²) in [6.45, 7) is 4.20. The van der Waals surface area contributed by atoms with E-state index in [0.717, 1.165) is 24.0 Å². The molecule has 1 saturated carbocycles. The Bertz CT molecular complexity index is 545. The first-order valence-corrected chi connectivity index (χ1v) is 8.06. The molecule has 0 amide bonds. The molecular weight excluding hydrogens is 260 g/mol. The van der Waals surface area contributed by atoms with Crippen LogP contribution in [0.5, 0.6) is 0 Å². The Morgan fingerprint density at radius 3 is 2.21 bits per heavy atom. The fourth-order valence-corrected chi connectivity index (χ4v) is 4.16. The van der Waals surface area contributed by atoms with E-state index in [0.29, 0.717) is 17.4 Å². The van der Waals surface area contributed by atoms with E-state index in [4.69, 9.17) is 5.73 Å². The van der Waals surface area contributed by atoms with Crippen LogP contribution in [0.25, 0.3) is 0 Å². The second-order valence-corrected chi connectivity index (χ2v) is 7.48. The van der Waals surface area contributed by atoms with Gasteiger partial charge in [-0.1, -0.05) is 6.07 Å². The van der Waals surface area contributed by atoms with Gasteiger partial charge in [0.05, 0.1) is 4.90 Å². The molecule has 0 saturated heterocycles. The van der Waals surface area contributed by atoms with E-state index >= 15 is 0 Å². The van der Waals surface area contributed by atoms with Gasteiger partial charge in [0.2, 0.25) is 10.0 Å². The first kappa shape index (κ1) is 14.5. The molecule has 1 aliphatic rings. The normalized spacial score (nSPS) is 17.7. The Kier molecular flexibility index (Phi) is 3.99. The number of nitrogens with zero attached hydrogens (tertiary/aromatic N) is 1. The maximum absolute atomic E-state index is 12.6. The molecule has 1 aromatic rings. The van der Waals surface area contributed by atoms with Crippen LogP contribution in [0.2, 0.25) is 0 Å². The van der Waals surface area contributed by atoms with Gasteiger partial charge in [-0.25, -0.2) is 8.42 Å². The van der Waals surface area contributed by atoms with Gasteiger partial charge in [0.25, 0.3) is 0 Å². The van der Waals surface area contributed by atoms with Crippen molar-refractivity contribution in [2.45, 2.75) is 37.6 Å². The molecule has 4 nitrogen and oxygen atoms in total. The average molecular weight is 282 g/mol. The van der Waals surface area contributed by atoms with Crippen molar-refractivity contribution in [3.63, 3.8) is 0 Å². The third kappa shape index (κ3) is 2.99. The summed E-state index contributed by atoms with van der Waals surface area (Å²) in [7, 11) is -1.81. The van der Waals surface area contributed by atoms with Crippen LogP contribution in [0.1, 0.15) is 24.0 Å². The highest BCUT2D eigenvalue weighted by molar-refractivity contribution is 7.89. The molecule has 1 aromatic carbocycles. The van der Waals surface area contributed by atoms with Crippen molar-refractivity contribution in [3.05, 3.63) is 29.3 Å². The molecule has 0 heterocycles. The topological polar surface area (TPSA) is 63.4 Å². The van der Waals surface area contributed by atoms with E-state index in [9.17, 15) is 8.42 Å². The summed E-state index contributed by atoms with van der Waals surface area (Å²) in [5.74, 6) is 0.427. The molecule has 0 spiro atoms. The summed E-state index contributed by atoms with van der Waals surface area (Å²) in [6.07, 6.45) is 2.16. The Morgan fingerprint density at radius 2 is 1.79 bits per heavy atom. The predicted molar refractivity (Wildman–Crippen MR) is 76.4 cm³/mol. The molecule has 1 fully saturated rings. The van der Waals surface area contributed by atoms with Crippen LogP contribution in [0.15, 0.2) is 23.1 Å². The highest BCUT2D eigenvalue weighted by atomic mass is 32.2. The van der Waals surface area contributed by atoms with Crippen LogP contribution < -0.4 is 5.73 Å². The van der Waals surface area contributed by atoms with Crippen molar-refractivity contribution in [2.75, 3.05) is 13.6 Å². The molecular formula is C14H22N2O2S. The van der Waals surface area contributed by atoms with E-state index in [2.05, 4.69) is 0 Å². The quantitative estimate of drug-likeness (QED) is 0.893. The van der Waals surface area contributed by atoms with E-state index in [1.54, 1.807) is 19.2 Å². The van der Waals surface area contributed by atoms with Crippen LogP contribution >= 0.6 is 0 Å². The summed E-state index contributed by atoms with van der Waals surface area (Å²) < 4.78 is 26.7. The number of benzene rings is 1. The molecule has 0 aliphatic heterocycles. The molecule has 1 atom stereocenters. The van der Waals surface area contributed by atoms with Gasteiger partial charge in [0, 0.05) is 19.6 Å². The van der Waals surface area contributed by atoms with Gasteiger partial charge in [-0.05, 0) is 55.9 Å². The standard InChI is InChI=1S/C14H22N2O2S/c1-10-6-11(2)8-13(7-10)19(17,18)16(3)14(9-15)12-4-5-12/h6-8,12,14H,4-5,9,15H2,1-3H3. The van der Waals surface area contributed by atoms with Crippen molar-refractivity contribution >= 4 is 10.0 Å². The van der Waals surface area contributed by atoms with Crippen LogP contribution in [0.3, 0.4) is 0 Å². The average Bonchev–Trinajstić information content (AvgIpc) is 3.13. The third-order valence-corrected chi connectivity index (χ3v) is 5.61. The van der Waals surface area contributed by atoms with E-state index < -0.39 is 10.0 Å². The molecule has 0 radical (unpaired) electrons. The first-order valence-electron chi connectivity index (χ1n) is 6.62. The number of likely N-dealkylation sites (N-methyl/N-ethyl adjacent to an activating group) is 1. The molecule has 1 unspecified atom stereocenters. The Labute approximate surface area is 115 Å². The zero-order valence-electron chi connectivity index (χ0n) is 11.8. The summed E-state index contributed by atoms with van der Waals surface area (Å²) in [5, 5.41) is 0. The van der Waals surface area contributed by atoms with Gasteiger partial charge in [0.15, 0.2) is 0 Å². The first-order chi connectivity index (χ1) is 8.86. The lowest BCUT2D eigenvalue weighted by molar-refractivity contribution is 0.340. The lowest BCUT2D eigenvalue weighted by atomic mass is 10.2. The van der Waals surface area contributed by atoms with Crippen molar-refractivity contribution in [1.29, 1.82) is 0 Å². The molecule has 5 heteroatoms. The fraction of sp³-hybridized carbons (Fsp3) is 0.571. The van der Waals surface area contributed by atoms with Gasteiger partial charge in [-0.2, -0.15) is 4.31 Å². The van der Waals surface area contributed by atoms with Gasteiger partial charge in [-0.15, -0.1) is 0 Å². The summed E-state index contributed by atoms with van der Waals surface area (Å²) in [6, 6.07) is 5.34. The minimum absolute atomic E-state index is 0.0779. The number of rotatable bonds is 5. The highest BCUT2D eigenvalue weighted by Gasteiger charge is 2.38. The van der Waals surface area contributed by atoms with E-state index in [-0.39, 0.29) is 6.04 Å². The lowest BCUT2D eigenvalue weighted by Gasteiger charge is -2.26. The monoisotopic (exact) mass is 282 g/mol. The largest absolute Gasteiger partial charge is 0.329 e. The fourth-order valence-electron chi connectivity index (χ4n) is 2.55. The summed E-state index contributed by atoms with van der Waals surface area (Å²) in [5.41, 5.74) is 7.66. The number of aryl methyl sites for hydroxylation is 2. The Morgan fingerprint density at radius 1 is 1.26 bits per heavy atom. The van der Waals surface area contributed by atoms with E-state index in [1.165, 1.54) is 4.31 Å².